The third kappa shape index (κ3) is 4.28. The SMILES string of the molecule is COc1ccccc1NS(=O)(=O)c1cc(NC(=O)[C@H]2CCCN2C)ccc1C. The predicted molar refractivity (Wildman–Crippen MR) is 109 cm³/mol. The highest BCUT2D eigenvalue weighted by molar-refractivity contribution is 7.92. The maximum Gasteiger partial charge on any atom is 0.262 e. The van der Waals surface area contributed by atoms with Gasteiger partial charge in [-0.1, -0.05) is 18.2 Å². The van der Waals surface area contributed by atoms with Crippen LogP contribution in [0.3, 0.4) is 0 Å². The molecule has 2 aromatic carbocycles. The van der Waals surface area contributed by atoms with Gasteiger partial charge in [0, 0.05) is 5.69 Å². The van der Waals surface area contributed by atoms with Crippen molar-refractivity contribution < 1.29 is 17.9 Å². The number of anilines is 2. The summed E-state index contributed by atoms with van der Waals surface area (Å²) in [7, 11) is -0.460. The van der Waals surface area contributed by atoms with Gasteiger partial charge in [-0.15, -0.1) is 0 Å². The Bertz CT molecular complexity index is 975. The molecule has 1 amide bonds. The molecule has 0 aliphatic carbocycles. The van der Waals surface area contributed by atoms with E-state index in [2.05, 4.69) is 10.0 Å². The van der Waals surface area contributed by atoms with Crippen molar-refractivity contribution in [3.8, 4) is 5.75 Å². The molecule has 1 aliphatic heterocycles. The van der Waals surface area contributed by atoms with Gasteiger partial charge in [0.05, 0.1) is 23.7 Å². The third-order valence-corrected chi connectivity index (χ3v) is 6.43. The lowest BCUT2D eigenvalue weighted by molar-refractivity contribution is -0.119. The quantitative estimate of drug-likeness (QED) is 0.774. The van der Waals surface area contributed by atoms with Gasteiger partial charge in [0.25, 0.3) is 10.0 Å². The summed E-state index contributed by atoms with van der Waals surface area (Å²) in [4.78, 5) is 14.6. The number of benzene rings is 2. The van der Waals surface area contributed by atoms with Gasteiger partial charge in [0.2, 0.25) is 5.91 Å². The molecule has 0 aromatic heterocycles. The second kappa shape index (κ2) is 8.20. The Morgan fingerprint density at radius 3 is 2.64 bits per heavy atom. The van der Waals surface area contributed by atoms with Crippen molar-refractivity contribution in [1.29, 1.82) is 0 Å². The Morgan fingerprint density at radius 1 is 1.21 bits per heavy atom. The van der Waals surface area contributed by atoms with Crippen molar-refractivity contribution >= 4 is 27.3 Å². The van der Waals surface area contributed by atoms with E-state index in [4.69, 9.17) is 4.74 Å². The van der Waals surface area contributed by atoms with Gasteiger partial charge in [-0.3, -0.25) is 14.4 Å². The highest BCUT2D eigenvalue weighted by atomic mass is 32.2. The van der Waals surface area contributed by atoms with Gasteiger partial charge < -0.3 is 10.1 Å². The van der Waals surface area contributed by atoms with Crippen LogP contribution in [-0.2, 0) is 14.8 Å². The summed E-state index contributed by atoms with van der Waals surface area (Å²) in [6.07, 6.45) is 1.78. The number of likely N-dealkylation sites (N-methyl/N-ethyl adjacent to an activating group) is 1. The molecular weight excluding hydrogens is 378 g/mol. The van der Waals surface area contributed by atoms with Gasteiger partial charge in [0.15, 0.2) is 0 Å². The van der Waals surface area contributed by atoms with Crippen molar-refractivity contribution in [2.24, 2.45) is 0 Å². The summed E-state index contributed by atoms with van der Waals surface area (Å²) in [6.45, 7) is 2.60. The largest absolute Gasteiger partial charge is 0.495 e. The van der Waals surface area contributed by atoms with E-state index in [9.17, 15) is 13.2 Å². The summed E-state index contributed by atoms with van der Waals surface area (Å²) in [5, 5.41) is 2.84. The number of carbonyl (C=O) groups excluding carboxylic acids is 1. The lowest BCUT2D eigenvalue weighted by Crippen LogP contribution is -2.37. The smallest absolute Gasteiger partial charge is 0.262 e. The van der Waals surface area contributed by atoms with Crippen LogP contribution >= 0.6 is 0 Å². The maximum absolute atomic E-state index is 12.9. The van der Waals surface area contributed by atoms with E-state index < -0.39 is 10.0 Å². The number of hydrogen-bond acceptors (Lipinski definition) is 5. The van der Waals surface area contributed by atoms with E-state index in [1.807, 2.05) is 11.9 Å². The van der Waals surface area contributed by atoms with Gasteiger partial charge in [-0.05, 0) is 63.2 Å². The van der Waals surface area contributed by atoms with Crippen LogP contribution in [0.15, 0.2) is 47.4 Å². The summed E-state index contributed by atoms with van der Waals surface area (Å²) in [6, 6.07) is 11.5. The molecule has 1 aliphatic rings. The average molecular weight is 404 g/mol. The lowest BCUT2D eigenvalue weighted by Gasteiger charge is -2.19. The van der Waals surface area contributed by atoms with Crippen LogP contribution in [0, 0.1) is 6.92 Å². The number of carbonyl (C=O) groups is 1. The van der Waals surface area contributed by atoms with Crippen LogP contribution in [0.5, 0.6) is 5.75 Å². The van der Waals surface area contributed by atoms with Crippen LogP contribution in [0.1, 0.15) is 18.4 Å². The summed E-state index contributed by atoms with van der Waals surface area (Å²) in [5.74, 6) is 0.308. The fourth-order valence-electron chi connectivity index (χ4n) is 3.36. The summed E-state index contributed by atoms with van der Waals surface area (Å²) in [5.41, 5.74) is 1.39. The Balaban J connectivity index is 1.85. The number of para-hydroxylation sites is 2. The van der Waals surface area contributed by atoms with Crippen LogP contribution in [0.4, 0.5) is 11.4 Å². The summed E-state index contributed by atoms with van der Waals surface area (Å²) >= 11 is 0. The minimum Gasteiger partial charge on any atom is -0.495 e. The zero-order valence-electron chi connectivity index (χ0n) is 16.2. The average Bonchev–Trinajstić information content (AvgIpc) is 3.09. The van der Waals surface area contributed by atoms with E-state index in [1.54, 1.807) is 43.3 Å². The van der Waals surface area contributed by atoms with E-state index in [-0.39, 0.29) is 16.8 Å². The monoisotopic (exact) mass is 403 g/mol. The molecule has 2 N–H and O–H groups in total. The first-order chi connectivity index (χ1) is 13.3. The highest BCUT2D eigenvalue weighted by Crippen LogP contribution is 2.28. The maximum atomic E-state index is 12.9. The number of nitrogens with one attached hydrogen (secondary N) is 2. The molecule has 0 saturated carbocycles. The van der Waals surface area contributed by atoms with E-state index in [1.165, 1.54) is 13.2 Å². The zero-order chi connectivity index (χ0) is 20.3. The fraction of sp³-hybridized carbons (Fsp3) is 0.350. The minimum absolute atomic E-state index is 0.107. The molecule has 1 atom stereocenters. The molecular formula is C20H25N3O4S. The molecule has 7 nitrogen and oxygen atoms in total. The third-order valence-electron chi connectivity index (χ3n) is 4.92. The molecule has 1 saturated heterocycles. The summed E-state index contributed by atoms with van der Waals surface area (Å²) < 4.78 is 33.7. The van der Waals surface area contributed by atoms with Crippen LogP contribution < -0.4 is 14.8 Å². The normalized spacial score (nSPS) is 17.3. The van der Waals surface area contributed by atoms with Crippen molar-refractivity contribution in [2.75, 3.05) is 30.7 Å². The Kier molecular flexibility index (Phi) is 5.90. The molecule has 1 fully saturated rings. The number of ether oxygens (including phenoxy) is 1. The van der Waals surface area contributed by atoms with Crippen LogP contribution in [-0.4, -0.2) is 46.0 Å². The molecule has 150 valence electrons. The van der Waals surface area contributed by atoms with Gasteiger partial charge in [-0.2, -0.15) is 0 Å². The van der Waals surface area contributed by atoms with Crippen molar-refractivity contribution in [3.05, 3.63) is 48.0 Å². The number of hydrogen-bond donors (Lipinski definition) is 2. The number of sulfonamides is 1. The number of likely N-dealkylation sites (tertiary alicyclic amines) is 1. The first-order valence-electron chi connectivity index (χ1n) is 9.09. The second-order valence-electron chi connectivity index (χ2n) is 6.91. The number of methoxy groups -OCH3 is 1. The number of nitrogens with zero attached hydrogens (tertiary/aromatic N) is 1. The Morgan fingerprint density at radius 2 is 1.96 bits per heavy atom. The van der Waals surface area contributed by atoms with Crippen molar-refractivity contribution in [1.82, 2.24) is 4.90 Å². The molecule has 2 aromatic rings. The Hall–Kier alpha value is -2.58. The van der Waals surface area contributed by atoms with Gasteiger partial charge >= 0.3 is 0 Å². The first kappa shape index (κ1) is 20.2. The molecule has 28 heavy (non-hydrogen) atoms. The van der Waals surface area contributed by atoms with Crippen LogP contribution in [0.25, 0.3) is 0 Å². The lowest BCUT2D eigenvalue weighted by atomic mass is 10.2. The zero-order valence-corrected chi connectivity index (χ0v) is 17.0. The van der Waals surface area contributed by atoms with Crippen LogP contribution in [0.2, 0.25) is 0 Å². The second-order valence-corrected chi connectivity index (χ2v) is 8.56. The molecule has 0 unspecified atom stereocenters. The first-order valence-corrected chi connectivity index (χ1v) is 10.6. The fourth-order valence-corrected chi connectivity index (χ4v) is 4.71. The molecule has 1 heterocycles. The van der Waals surface area contributed by atoms with E-state index >= 15 is 0 Å². The molecule has 0 spiro atoms. The topological polar surface area (TPSA) is 87.7 Å². The van der Waals surface area contributed by atoms with E-state index in [0.717, 1.165) is 19.4 Å². The number of rotatable bonds is 6. The van der Waals surface area contributed by atoms with Crippen molar-refractivity contribution in [3.63, 3.8) is 0 Å². The molecule has 0 bridgehead atoms. The van der Waals surface area contributed by atoms with Crippen molar-refractivity contribution in [2.45, 2.75) is 30.7 Å². The van der Waals surface area contributed by atoms with E-state index in [0.29, 0.717) is 22.7 Å². The molecule has 3 rings (SSSR count). The Labute approximate surface area is 165 Å². The number of amides is 1. The standard InChI is InChI=1S/C20H25N3O4S/c1-14-10-11-15(21-20(24)17-8-6-12-23(17)2)13-19(14)28(25,26)22-16-7-4-5-9-18(16)27-3/h4-5,7,9-11,13,17,22H,6,8,12H2,1-3H3,(H,21,24)/t17-/m1/s1. The minimum atomic E-state index is -3.86. The molecule has 0 radical (unpaired) electrons. The molecule has 8 heteroatoms. The number of aryl methyl sites for hydroxylation is 1. The van der Waals surface area contributed by atoms with Gasteiger partial charge in [-0.25, -0.2) is 8.42 Å². The predicted octanol–water partition coefficient (Wildman–Crippen LogP) is 2.84. The highest BCUT2D eigenvalue weighted by Gasteiger charge is 2.28. The van der Waals surface area contributed by atoms with Gasteiger partial charge in [0.1, 0.15) is 5.75 Å².